The van der Waals surface area contributed by atoms with Crippen molar-refractivity contribution in [1.29, 1.82) is 0 Å². The van der Waals surface area contributed by atoms with Crippen molar-refractivity contribution in [3.05, 3.63) is 0 Å². The number of carbonyl (C=O) groups is 2. The summed E-state index contributed by atoms with van der Waals surface area (Å²) in [5.41, 5.74) is -0.792. The lowest BCUT2D eigenvalue weighted by atomic mass is 9.83. The maximum atomic E-state index is 12.3. The zero-order chi connectivity index (χ0) is 12.7. The fourth-order valence-electron chi connectivity index (χ4n) is 2.56. The summed E-state index contributed by atoms with van der Waals surface area (Å²) in [6.45, 7) is -1.33. The number of hydrogen-bond donors (Lipinski definition) is 1. The molecular formula is C10H13F3N2O2. The average molecular weight is 250 g/mol. The molecule has 17 heavy (non-hydrogen) atoms. The van der Waals surface area contributed by atoms with Gasteiger partial charge in [0.15, 0.2) is 0 Å². The zero-order valence-electron chi connectivity index (χ0n) is 9.14. The summed E-state index contributed by atoms with van der Waals surface area (Å²) < 4.78 is 36.9. The third kappa shape index (κ3) is 2.23. The van der Waals surface area contributed by atoms with E-state index in [9.17, 15) is 22.8 Å². The monoisotopic (exact) mass is 250 g/mol. The Balaban J connectivity index is 2.18. The molecule has 2 rings (SSSR count). The van der Waals surface area contributed by atoms with E-state index in [-0.39, 0.29) is 6.54 Å². The highest BCUT2D eigenvalue weighted by Crippen LogP contribution is 2.41. The number of hydrogen-bond acceptors (Lipinski definition) is 2. The lowest BCUT2D eigenvalue weighted by Crippen LogP contribution is -2.61. The zero-order valence-corrected chi connectivity index (χ0v) is 9.14. The lowest BCUT2D eigenvalue weighted by molar-refractivity contribution is -0.163. The van der Waals surface area contributed by atoms with Crippen molar-refractivity contribution < 1.29 is 22.8 Å². The molecule has 3 amide bonds. The summed E-state index contributed by atoms with van der Waals surface area (Å²) in [6, 6.07) is -0.940. The van der Waals surface area contributed by atoms with E-state index in [0.29, 0.717) is 17.7 Å². The molecule has 1 heterocycles. The molecule has 0 radical (unpaired) electrons. The van der Waals surface area contributed by atoms with Gasteiger partial charge in [-0.2, -0.15) is 13.2 Å². The topological polar surface area (TPSA) is 49.4 Å². The van der Waals surface area contributed by atoms with E-state index in [0.717, 1.165) is 12.8 Å². The second-order valence-electron chi connectivity index (χ2n) is 4.65. The number of amides is 3. The van der Waals surface area contributed by atoms with Gasteiger partial charge in [0.1, 0.15) is 6.54 Å². The molecule has 1 saturated carbocycles. The molecule has 0 unspecified atom stereocenters. The normalized spacial score (nSPS) is 24.3. The van der Waals surface area contributed by atoms with Crippen LogP contribution in [0.1, 0.15) is 25.7 Å². The van der Waals surface area contributed by atoms with Gasteiger partial charge in [-0.15, -0.1) is 0 Å². The highest BCUT2D eigenvalue weighted by molar-refractivity contribution is 6.00. The third-order valence-electron chi connectivity index (χ3n) is 3.42. The number of halogens is 3. The minimum absolute atomic E-state index is 0.166. The van der Waals surface area contributed by atoms with Gasteiger partial charge in [0, 0.05) is 6.54 Å². The maximum absolute atomic E-state index is 12.3. The van der Waals surface area contributed by atoms with Gasteiger partial charge < -0.3 is 5.32 Å². The van der Waals surface area contributed by atoms with E-state index in [4.69, 9.17) is 0 Å². The first-order valence-corrected chi connectivity index (χ1v) is 5.51. The molecule has 96 valence electrons. The molecule has 2 fully saturated rings. The van der Waals surface area contributed by atoms with Crippen LogP contribution in [0, 0.1) is 5.41 Å². The van der Waals surface area contributed by atoms with Crippen LogP contribution in [0.2, 0.25) is 0 Å². The fourth-order valence-corrected chi connectivity index (χ4v) is 2.56. The number of rotatable bonds is 1. The largest absolute Gasteiger partial charge is 0.406 e. The van der Waals surface area contributed by atoms with Crippen LogP contribution in [0.15, 0.2) is 0 Å². The average Bonchev–Trinajstić information content (AvgIpc) is 2.68. The molecule has 4 nitrogen and oxygen atoms in total. The third-order valence-corrected chi connectivity index (χ3v) is 3.42. The molecule has 7 heteroatoms. The molecule has 1 saturated heterocycles. The molecule has 1 aliphatic heterocycles. The van der Waals surface area contributed by atoms with Gasteiger partial charge in [0.05, 0.1) is 5.41 Å². The Kier molecular flexibility index (Phi) is 2.79. The summed E-state index contributed by atoms with van der Waals surface area (Å²) in [5, 5.41) is 2.38. The van der Waals surface area contributed by atoms with E-state index in [1.165, 1.54) is 0 Å². The Morgan fingerprint density at radius 1 is 1.24 bits per heavy atom. The smallest absolute Gasteiger partial charge is 0.337 e. The summed E-state index contributed by atoms with van der Waals surface area (Å²) in [7, 11) is 0. The Hall–Kier alpha value is -1.27. The predicted molar refractivity (Wildman–Crippen MR) is 52.1 cm³/mol. The molecule has 2 aliphatic rings. The molecule has 0 bridgehead atoms. The summed E-state index contributed by atoms with van der Waals surface area (Å²) in [4.78, 5) is 23.6. The van der Waals surface area contributed by atoms with Gasteiger partial charge in [-0.3, -0.25) is 9.69 Å². The highest BCUT2D eigenvalue weighted by Gasteiger charge is 2.50. The molecule has 1 spiro atoms. The fraction of sp³-hybridized carbons (Fsp3) is 0.800. The van der Waals surface area contributed by atoms with Crippen molar-refractivity contribution in [3.8, 4) is 0 Å². The number of carbonyl (C=O) groups excluding carboxylic acids is 2. The van der Waals surface area contributed by atoms with E-state index < -0.39 is 30.1 Å². The standard InChI is InChI=1S/C10H13F3N2O2/c11-10(12,13)6-15-7(16)9(3-1-2-4-9)5-14-8(15)17/h1-6H2,(H,14,17). The van der Waals surface area contributed by atoms with Gasteiger partial charge in [-0.05, 0) is 12.8 Å². The van der Waals surface area contributed by atoms with Crippen molar-refractivity contribution in [2.24, 2.45) is 5.41 Å². The maximum Gasteiger partial charge on any atom is 0.406 e. The van der Waals surface area contributed by atoms with Gasteiger partial charge in [0.25, 0.3) is 0 Å². The van der Waals surface area contributed by atoms with Gasteiger partial charge in [0.2, 0.25) is 5.91 Å². The van der Waals surface area contributed by atoms with Crippen LogP contribution in [0.3, 0.4) is 0 Å². The Morgan fingerprint density at radius 3 is 2.35 bits per heavy atom. The Morgan fingerprint density at radius 2 is 1.82 bits per heavy atom. The second kappa shape index (κ2) is 3.89. The van der Waals surface area contributed by atoms with Gasteiger partial charge in [-0.25, -0.2) is 4.79 Å². The highest BCUT2D eigenvalue weighted by atomic mass is 19.4. The molecular weight excluding hydrogens is 237 g/mol. The van der Waals surface area contributed by atoms with Gasteiger partial charge >= 0.3 is 12.2 Å². The van der Waals surface area contributed by atoms with Crippen LogP contribution in [0.5, 0.6) is 0 Å². The predicted octanol–water partition coefficient (Wildman–Crippen LogP) is 1.66. The summed E-state index contributed by atoms with van der Waals surface area (Å²) >= 11 is 0. The number of nitrogens with zero attached hydrogens (tertiary/aromatic N) is 1. The number of nitrogens with one attached hydrogen (secondary N) is 1. The first kappa shape index (κ1) is 12.2. The van der Waals surface area contributed by atoms with Crippen LogP contribution < -0.4 is 5.32 Å². The molecule has 1 aliphatic carbocycles. The first-order chi connectivity index (χ1) is 7.84. The molecule has 0 aromatic heterocycles. The van der Waals surface area contributed by atoms with E-state index in [1.807, 2.05) is 0 Å². The SMILES string of the molecule is O=C1NCC2(CCCC2)C(=O)N1CC(F)(F)F. The molecule has 0 aromatic rings. The van der Waals surface area contributed by atoms with Crippen molar-refractivity contribution in [3.63, 3.8) is 0 Å². The first-order valence-electron chi connectivity index (χ1n) is 5.51. The van der Waals surface area contributed by atoms with Crippen LogP contribution >= 0.6 is 0 Å². The van der Waals surface area contributed by atoms with Gasteiger partial charge in [-0.1, -0.05) is 12.8 Å². The number of alkyl halides is 3. The van der Waals surface area contributed by atoms with E-state index >= 15 is 0 Å². The van der Waals surface area contributed by atoms with Crippen LogP contribution in [0.4, 0.5) is 18.0 Å². The quantitative estimate of drug-likeness (QED) is 0.769. The van der Waals surface area contributed by atoms with Crippen LogP contribution in [0.25, 0.3) is 0 Å². The molecule has 1 N–H and O–H groups in total. The van der Waals surface area contributed by atoms with E-state index in [2.05, 4.69) is 5.32 Å². The molecule has 0 atom stereocenters. The lowest BCUT2D eigenvalue weighted by Gasteiger charge is -2.38. The van der Waals surface area contributed by atoms with Crippen molar-refractivity contribution >= 4 is 11.9 Å². The second-order valence-corrected chi connectivity index (χ2v) is 4.65. The van der Waals surface area contributed by atoms with Crippen molar-refractivity contribution in [2.75, 3.05) is 13.1 Å². The van der Waals surface area contributed by atoms with Crippen molar-refractivity contribution in [1.82, 2.24) is 10.2 Å². The minimum atomic E-state index is -4.55. The van der Waals surface area contributed by atoms with E-state index in [1.54, 1.807) is 0 Å². The number of urea groups is 1. The summed E-state index contributed by atoms with van der Waals surface area (Å²) in [6.07, 6.45) is -1.80. The Bertz CT molecular complexity index is 348. The number of imide groups is 1. The Labute approximate surface area is 96.1 Å². The van der Waals surface area contributed by atoms with Crippen LogP contribution in [-0.2, 0) is 4.79 Å². The molecule has 0 aromatic carbocycles. The minimum Gasteiger partial charge on any atom is -0.337 e. The van der Waals surface area contributed by atoms with Crippen molar-refractivity contribution in [2.45, 2.75) is 31.9 Å². The van der Waals surface area contributed by atoms with Crippen LogP contribution in [-0.4, -0.2) is 36.1 Å². The summed E-state index contributed by atoms with van der Waals surface area (Å²) in [5.74, 6) is -0.670.